The van der Waals surface area contributed by atoms with Crippen molar-refractivity contribution in [1.82, 2.24) is 0 Å². The molecule has 1 aliphatic carbocycles. The molecule has 0 spiro atoms. The van der Waals surface area contributed by atoms with Crippen LogP contribution in [0.15, 0.2) is 34.4 Å². The van der Waals surface area contributed by atoms with Crippen molar-refractivity contribution in [3.63, 3.8) is 0 Å². The van der Waals surface area contributed by atoms with Crippen LogP contribution >= 0.6 is 0 Å². The molecular formula is C17H22O6. The summed E-state index contributed by atoms with van der Waals surface area (Å²) in [6.45, 7) is 4.47. The summed E-state index contributed by atoms with van der Waals surface area (Å²) in [5.41, 5.74) is 2.34. The number of carbonyl (C=O) groups is 2. The molecule has 2 N–H and O–H groups in total. The van der Waals surface area contributed by atoms with Crippen molar-refractivity contribution in [2.24, 2.45) is 0 Å². The van der Waals surface area contributed by atoms with Crippen LogP contribution in [-0.4, -0.2) is 47.1 Å². The lowest BCUT2D eigenvalue weighted by Crippen LogP contribution is -2.26. The predicted molar refractivity (Wildman–Crippen MR) is 82.3 cm³/mol. The number of carbonyl (C=O) groups excluding carboxylic acids is 2. The molecule has 0 unspecified atom stereocenters. The monoisotopic (exact) mass is 322 g/mol. The molecule has 0 fully saturated rings. The summed E-state index contributed by atoms with van der Waals surface area (Å²) in [6.07, 6.45) is 2.25. The topological polar surface area (TPSA) is 93.1 Å². The smallest absolute Gasteiger partial charge is 0.337 e. The van der Waals surface area contributed by atoms with E-state index in [9.17, 15) is 19.8 Å². The average Bonchev–Trinajstić information content (AvgIpc) is 2.77. The van der Waals surface area contributed by atoms with E-state index in [2.05, 4.69) is 0 Å². The van der Waals surface area contributed by atoms with Crippen molar-refractivity contribution in [3.8, 4) is 0 Å². The van der Waals surface area contributed by atoms with E-state index in [1.165, 1.54) is 6.92 Å². The number of esters is 2. The number of hydrogen-bond acceptors (Lipinski definition) is 6. The van der Waals surface area contributed by atoms with Gasteiger partial charge in [0, 0.05) is 13.3 Å². The Morgan fingerprint density at radius 1 is 1.39 bits per heavy atom. The van der Waals surface area contributed by atoms with E-state index in [-0.39, 0.29) is 18.6 Å². The highest BCUT2D eigenvalue weighted by Gasteiger charge is 2.33. The van der Waals surface area contributed by atoms with Gasteiger partial charge in [-0.25, -0.2) is 4.79 Å². The lowest BCUT2D eigenvalue weighted by atomic mass is 9.92. The van der Waals surface area contributed by atoms with Crippen molar-refractivity contribution < 1.29 is 29.3 Å². The fraction of sp³-hybridized carbons (Fsp3) is 0.529. The Labute approximate surface area is 135 Å². The number of aliphatic hydroxyl groups is 2. The fourth-order valence-electron chi connectivity index (χ4n) is 2.77. The molecule has 0 amide bonds. The number of ether oxygens (including phenoxy) is 2. The minimum absolute atomic E-state index is 0.247. The van der Waals surface area contributed by atoms with Gasteiger partial charge in [-0.3, -0.25) is 4.79 Å². The summed E-state index contributed by atoms with van der Waals surface area (Å²) in [5.74, 6) is -0.977. The van der Waals surface area contributed by atoms with E-state index in [1.54, 1.807) is 19.9 Å². The maximum absolute atomic E-state index is 11.9. The molecule has 0 bridgehead atoms. The largest absolute Gasteiger partial charge is 0.458 e. The molecule has 6 heteroatoms. The van der Waals surface area contributed by atoms with Gasteiger partial charge in [0.25, 0.3) is 0 Å². The van der Waals surface area contributed by atoms with Gasteiger partial charge in [0.1, 0.15) is 12.2 Å². The molecule has 0 aromatic rings. The Kier molecular flexibility index (Phi) is 5.38. The van der Waals surface area contributed by atoms with E-state index < -0.39 is 30.3 Å². The molecule has 1 aliphatic heterocycles. The summed E-state index contributed by atoms with van der Waals surface area (Å²) in [4.78, 5) is 23.2. The molecule has 1 heterocycles. The van der Waals surface area contributed by atoms with Crippen LogP contribution in [0.1, 0.15) is 33.6 Å². The van der Waals surface area contributed by atoms with Crippen LogP contribution in [0.5, 0.6) is 0 Å². The zero-order valence-corrected chi connectivity index (χ0v) is 13.5. The molecule has 2 rings (SSSR count). The van der Waals surface area contributed by atoms with Crippen LogP contribution in [0, 0.1) is 0 Å². The molecule has 0 aromatic heterocycles. The highest BCUT2D eigenvalue weighted by Crippen LogP contribution is 2.31. The number of aliphatic hydroxyl groups excluding tert-OH is 2. The van der Waals surface area contributed by atoms with Gasteiger partial charge >= 0.3 is 11.9 Å². The molecule has 0 saturated heterocycles. The second-order valence-electron chi connectivity index (χ2n) is 5.90. The van der Waals surface area contributed by atoms with Gasteiger partial charge < -0.3 is 19.7 Å². The first-order chi connectivity index (χ1) is 10.8. The van der Waals surface area contributed by atoms with Crippen LogP contribution < -0.4 is 0 Å². The lowest BCUT2D eigenvalue weighted by molar-refractivity contribution is -0.146. The Bertz CT molecular complexity index is 598. The SMILES string of the molecule is CC(=O)O[C@H]1C[C@H](O)/C(C)=C/CC2=C(CO)C(=O)O[C@@H]2/C=C/1C. The van der Waals surface area contributed by atoms with Crippen LogP contribution in [0.2, 0.25) is 0 Å². The molecule has 0 aromatic carbocycles. The number of fused-ring (bicyclic) bond motifs is 1. The van der Waals surface area contributed by atoms with Crippen LogP contribution in [0.25, 0.3) is 0 Å². The first kappa shape index (κ1) is 17.4. The lowest BCUT2D eigenvalue weighted by Gasteiger charge is -2.24. The van der Waals surface area contributed by atoms with Gasteiger partial charge in [-0.2, -0.15) is 0 Å². The first-order valence-corrected chi connectivity index (χ1v) is 7.57. The van der Waals surface area contributed by atoms with E-state index in [0.717, 1.165) is 5.57 Å². The van der Waals surface area contributed by atoms with E-state index in [4.69, 9.17) is 9.47 Å². The van der Waals surface area contributed by atoms with Gasteiger partial charge in [-0.1, -0.05) is 6.08 Å². The van der Waals surface area contributed by atoms with Crippen LogP contribution in [0.3, 0.4) is 0 Å². The molecule has 2 aliphatic rings. The average molecular weight is 322 g/mol. The third-order valence-electron chi connectivity index (χ3n) is 4.21. The zero-order valence-electron chi connectivity index (χ0n) is 13.5. The Morgan fingerprint density at radius 3 is 2.70 bits per heavy atom. The normalized spacial score (nSPS) is 33.1. The Hall–Kier alpha value is -1.92. The van der Waals surface area contributed by atoms with Crippen LogP contribution in [0.4, 0.5) is 0 Å². The summed E-state index contributed by atoms with van der Waals surface area (Å²) >= 11 is 0. The molecule has 3 atom stereocenters. The summed E-state index contributed by atoms with van der Waals surface area (Å²) in [5, 5.41) is 19.7. The molecule has 23 heavy (non-hydrogen) atoms. The first-order valence-electron chi connectivity index (χ1n) is 7.57. The zero-order chi connectivity index (χ0) is 17.1. The predicted octanol–water partition coefficient (Wildman–Crippen LogP) is 1.18. The van der Waals surface area contributed by atoms with E-state index in [1.807, 2.05) is 6.08 Å². The minimum atomic E-state index is -0.754. The maximum Gasteiger partial charge on any atom is 0.337 e. The van der Waals surface area contributed by atoms with E-state index >= 15 is 0 Å². The molecular weight excluding hydrogens is 300 g/mol. The van der Waals surface area contributed by atoms with Crippen molar-refractivity contribution in [3.05, 3.63) is 34.4 Å². The second-order valence-corrected chi connectivity index (χ2v) is 5.90. The summed E-state index contributed by atoms with van der Waals surface area (Å²) in [6, 6.07) is 0. The quantitative estimate of drug-likeness (QED) is 0.586. The van der Waals surface area contributed by atoms with Gasteiger partial charge in [0.2, 0.25) is 0 Å². The second kappa shape index (κ2) is 7.10. The van der Waals surface area contributed by atoms with Gasteiger partial charge in [0.05, 0.1) is 18.3 Å². The van der Waals surface area contributed by atoms with Gasteiger partial charge in [-0.05, 0) is 43.1 Å². The summed E-state index contributed by atoms with van der Waals surface area (Å²) in [7, 11) is 0. The highest BCUT2D eigenvalue weighted by molar-refractivity contribution is 5.93. The molecule has 6 nitrogen and oxygen atoms in total. The number of allylic oxidation sites excluding steroid dienone is 1. The fourth-order valence-corrected chi connectivity index (χ4v) is 2.77. The van der Waals surface area contributed by atoms with Crippen molar-refractivity contribution in [2.75, 3.05) is 6.61 Å². The molecule has 0 saturated carbocycles. The number of rotatable bonds is 2. The van der Waals surface area contributed by atoms with Crippen molar-refractivity contribution >= 4 is 11.9 Å². The van der Waals surface area contributed by atoms with Gasteiger partial charge in [0.15, 0.2) is 0 Å². The molecule has 126 valence electrons. The summed E-state index contributed by atoms with van der Waals surface area (Å²) < 4.78 is 10.6. The van der Waals surface area contributed by atoms with Crippen molar-refractivity contribution in [1.29, 1.82) is 0 Å². The highest BCUT2D eigenvalue weighted by atomic mass is 16.6. The minimum Gasteiger partial charge on any atom is -0.458 e. The Balaban J connectivity index is 2.44. The van der Waals surface area contributed by atoms with E-state index in [0.29, 0.717) is 17.6 Å². The molecule has 0 radical (unpaired) electrons. The maximum atomic E-state index is 11.9. The number of hydrogen-bond donors (Lipinski definition) is 2. The third kappa shape index (κ3) is 3.89. The Morgan fingerprint density at radius 2 is 2.09 bits per heavy atom. The van der Waals surface area contributed by atoms with Gasteiger partial charge in [-0.15, -0.1) is 0 Å². The standard InChI is InChI=1S/C17H22O6/c1-9-4-5-12-13(8-18)17(21)23-16(12)6-10(2)15(7-14(9)20)22-11(3)19/h4,6,14-16,18,20H,5,7-8H2,1-3H3/b9-4+,10-6+/t14-,15-,16+/m0/s1. The van der Waals surface area contributed by atoms with Crippen molar-refractivity contribution in [2.45, 2.75) is 51.9 Å². The van der Waals surface area contributed by atoms with Crippen LogP contribution in [-0.2, 0) is 19.1 Å². The third-order valence-corrected chi connectivity index (χ3v) is 4.21.